The highest BCUT2D eigenvalue weighted by Crippen LogP contribution is 2.13. The number of nitrogens with zero attached hydrogens (tertiary/aromatic N) is 4. The molecule has 3 aromatic rings. The van der Waals surface area contributed by atoms with Crippen LogP contribution in [0.25, 0.3) is 5.78 Å². The fourth-order valence-electron chi connectivity index (χ4n) is 2.23. The minimum absolute atomic E-state index is 0.0844. The second kappa shape index (κ2) is 5.35. The molecule has 0 radical (unpaired) electrons. The van der Waals surface area contributed by atoms with Gasteiger partial charge in [-0.25, -0.2) is 9.50 Å². The van der Waals surface area contributed by atoms with Crippen LogP contribution in [0.3, 0.4) is 0 Å². The molecule has 0 atom stereocenters. The standard InChI is InChI=1S/C14H15N5O2/c1-9-12(10(2)19-14(18-9)16-8-17-19)6-13(20)15-7-11-4-3-5-21-11/h3-5,8H,6-7H2,1-2H3,(H,15,20). The first kappa shape index (κ1) is 13.3. The van der Waals surface area contributed by atoms with Gasteiger partial charge in [0.15, 0.2) is 0 Å². The van der Waals surface area contributed by atoms with Crippen LogP contribution in [0.1, 0.15) is 22.7 Å². The Hall–Kier alpha value is -2.70. The molecule has 0 bridgehead atoms. The number of rotatable bonds is 4. The molecule has 3 aromatic heterocycles. The molecule has 3 rings (SSSR count). The van der Waals surface area contributed by atoms with Gasteiger partial charge in [0.25, 0.3) is 5.78 Å². The van der Waals surface area contributed by atoms with Gasteiger partial charge in [-0.1, -0.05) is 0 Å². The van der Waals surface area contributed by atoms with Crippen LogP contribution in [0.5, 0.6) is 0 Å². The van der Waals surface area contributed by atoms with E-state index in [0.717, 1.165) is 22.7 Å². The number of fused-ring (bicyclic) bond motifs is 1. The van der Waals surface area contributed by atoms with Crippen LogP contribution in [0, 0.1) is 13.8 Å². The smallest absolute Gasteiger partial charge is 0.252 e. The van der Waals surface area contributed by atoms with Crippen LogP contribution >= 0.6 is 0 Å². The number of furan rings is 1. The molecule has 0 fully saturated rings. The first-order valence-corrected chi connectivity index (χ1v) is 6.60. The number of amides is 1. The lowest BCUT2D eigenvalue weighted by atomic mass is 10.1. The van der Waals surface area contributed by atoms with Crippen molar-refractivity contribution >= 4 is 11.7 Å². The molecule has 21 heavy (non-hydrogen) atoms. The van der Waals surface area contributed by atoms with Crippen LogP contribution in [0.2, 0.25) is 0 Å². The molecule has 0 aromatic carbocycles. The molecule has 0 aliphatic carbocycles. The van der Waals surface area contributed by atoms with Gasteiger partial charge in [0, 0.05) is 17.0 Å². The zero-order chi connectivity index (χ0) is 14.8. The zero-order valence-corrected chi connectivity index (χ0v) is 11.8. The summed E-state index contributed by atoms with van der Waals surface area (Å²) in [5, 5.41) is 6.93. The number of hydrogen-bond acceptors (Lipinski definition) is 5. The summed E-state index contributed by atoms with van der Waals surface area (Å²) >= 11 is 0. The Morgan fingerprint density at radius 3 is 3.05 bits per heavy atom. The highest BCUT2D eigenvalue weighted by atomic mass is 16.3. The summed E-state index contributed by atoms with van der Waals surface area (Å²) in [7, 11) is 0. The molecule has 0 saturated carbocycles. The summed E-state index contributed by atoms with van der Waals surface area (Å²) in [5.74, 6) is 1.19. The highest BCUT2D eigenvalue weighted by Gasteiger charge is 2.14. The molecule has 0 saturated heterocycles. The Kier molecular flexibility index (Phi) is 3.39. The zero-order valence-electron chi connectivity index (χ0n) is 11.8. The third kappa shape index (κ3) is 2.62. The Bertz CT molecular complexity index is 776. The maximum Gasteiger partial charge on any atom is 0.252 e. The van der Waals surface area contributed by atoms with Crippen molar-refractivity contribution in [1.82, 2.24) is 24.9 Å². The van der Waals surface area contributed by atoms with Crippen molar-refractivity contribution in [2.24, 2.45) is 0 Å². The van der Waals surface area contributed by atoms with Crippen LogP contribution in [-0.4, -0.2) is 25.5 Å². The van der Waals surface area contributed by atoms with Gasteiger partial charge in [-0.3, -0.25) is 4.79 Å². The van der Waals surface area contributed by atoms with Gasteiger partial charge in [0.2, 0.25) is 5.91 Å². The average molecular weight is 285 g/mol. The van der Waals surface area contributed by atoms with Gasteiger partial charge in [-0.05, 0) is 26.0 Å². The van der Waals surface area contributed by atoms with Crippen LogP contribution in [0.4, 0.5) is 0 Å². The topological polar surface area (TPSA) is 85.3 Å². The lowest BCUT2D eigenvalue weighted by Gasteiger charge is -2.10. The second-order valence-corrected chi connectivity index (χ2v) is 4.77. The monoisotopic (exact) mass is 285 g/mol. The van der Waals surface area contributed by atoms with Crippen molar-refractivity contribution in [3.63, 3.8) is 0 Å². The van der Waals surface area contributed by atoms with Crippen molar-refractivity contribution in [3.05, 3.63) is 47.4 Å². The quantitative estimate of drug-likeness (QED) is 0.778. The number of nitrogens with one attached hydrogen (secondary N) is 1. The SMILES string of the molecule is Cc1nc2ncnn2c(C)c1CC(=O)NCc1ccco1. The summed E-state index contributed by atoms with van der Waals surface area (Å²) in [6, 6.07) is 3.61. The maximum absolute atomic E-state index is 12.1. The third-order valence-corrected chi connectivity index (χ3v) is 3.37. The van der Waals surface area contributed by atoms with Gasteiger partial charge in [0.05, 0.1) is 19.2 Å². The molecule has 1 N–H and O–H groups in total. The Balaban J connectivity index is 1.76. The first-order chi connectivity index (χ1) is 10.1. The van der Waals surface area contributed by atoms with Gasteiger partial charge < -0.3 is 9.73 Å². The van der Waals surface area contributed by atoms with Crippen LogP contribution in [-0.2, 0) is 17.8 Å². The van der Waals surface area contributed by atoms with Gasteiger partial charge >= 0.3 is 0 Å². The lowest BCUT2D eigenvalue weighted by molar-refractivity contribution is -0.120. The second-order valence-electron chi connectivity index (χ2n) is 4.77. The number of carbonyl (C=O) groups excluding carboxylic acids is 1. The average Bonchev–Trinajstić information content (AvgIpc) is 3.12. The van der Waals surface area contributed by atoms with Crippen molar-refractivity contribution in [2.45, 2.75) is 26.8 Å². The van der Waals surface area contributed by atoms with Crippen molar-refractivity contribution < 1.29 is 9.21 Å². The molecular formula is C14H15N5O2. The summed E-state index contributed by atoms with van der Waals surface area (Å²) in [6.45, 7) is 4.16. The summed E-state index contributed by atoms with van der Waals surface area (Å²) in [5.41, 5.74) is 2.54. The Morgan fingerprint density at radius 1 is 1.43 bits per heavy atom. The number of aromatic nitrogens is 4. The molecule has 3 heterocycles. The van der Waals surface area contributed by atoms with Gasteiger partial charge in [-0.15, -0.1) is 0 Å². The molecule has 7 nitrogen and oxygen atoms in total. The van der Waals surface area contributed by atoms with E-state index in [2.05, 4.69) is 20.4 Å². The van der Waals surface area contributed by atoms with E-state index in [0.29, 0.717) is 12.3 Å². The van der Waals surface area contributed by atoms with E-state index < -0.39 is 0 Å². The molecular weight excluding hydrogens is 270 g/mol. The highest BCUT2D eigenvalue weighted by molar-refractivity contribution is 5.79. The molecule has 7 heteroatoms. The van der Waals surface area contributed by atoms with Crippen molar-refractivity contribution in [3.8, 4) is 0 Å². The fraction of sp³-hybridized carbons (Fsp3) is 0.286. The molecule has 1 amide bonds. The molecule has 0 unspecified atom stereocenters. The van der Waals surface area contributed by atoms with E-state index in [9.17, 15) is 4.79 Å². The number of hydrogen-bond donors (Lipinski definition) is 1. The van der Waals surface area contributed by atoms with Crippen molar-refractivity contribution in [2.75, 3.05) is 0 Å². The number of aryl methyl sites for hydroxylation is 2. The van der Waals surface area contributed by atoms with E-state index in [-0.39, 0.29) is 12.3 Å². The summed E-state index contributed by atoms with van der Waals surface area (Å²) in [4.78, 5) is 20.5. The fourth-order valence-corrected chi connectivity index (χ4v) is 2.23. The first-order valence-electron chi connectivity index (χ1n) is 6.60. The van der Waals surface area contributed by atoms with Crippen molar-refractivity contribution in [1.29, 1.82) is 0 Å². The molecule has 0 spiro atoms. The Morgan fingerprint density at radius 2 is 2.29 bits per heavy atom. The Labute approximate surface area is 121 Å². The lowest BCUT2D eigenvalue weighted by Crippen LogP contribution is -2.25. The molecule has 108 valence electrons. The summed E-state index contributed by atoms with van der Waals surface area (Å²) < 4.78 is 6.82. The predicted octanol–water partition coefficient (Wildman–Crippen LogP) is 1.19. The van der Waals surface area contributed by atoms with Crippen LogP contribution in [0.15, 0.2) is 29.1 Å². The van der Waals surface area contributed by atoms with Gasteiger partial charge in [-0.2, -0.15) is 10.1 Å². The largest absolute Gasteiger partial charge is 0.467 e. The van der Waals surface area contributed by atoms with E-state index in [1.165, 1.54) is 6.33 Å². The summed E-state index contributed by atoms with van der Waals surface area (Å²) in [6.07, 6.45) is 3.29. The van der Waals surface area contributed by atoms with E-state index in [4.69, 9.17) is 4.42 Å². The minimum atomic E-state index is -0.0844. The van der Waals surface area contributed by atoms with Gasteiger partial charge in [0.1, 0.15) is 12.1 Å². The van der Waals surface area contributed by atoms with E-state index in [1.54, 1.807) is 16.8 Å². The predicted molar refractivity (Wildman–Crippen MR) is 74.5 cm³/mol. The normalized spacial score (nSPS) is 11.0. The van der Waals surface area contributed by atoms with Crippen LogP contribution < -0.4 is 5.32 Å². The minimum Gasteiger partial charge on any atom is -0.467 e. The van der Waals surface area contributed by atoms with E-state index >= 15 is 0 Å². The molecule has 0 aliphatic rings. The molecule has 0 aliphatic heterocycles. The van der Waals surface area contributed by atoms with E-state index in [1.807, 2.05) is 19.9 Å². The maximum atomic E-state index is 12.1. The third-order valence-electron chi connectivity index (χ3n) is 3.37. The number of carbonyl (C=O) groups is 1.